The van der Waals surface area contributed by atoms with Crippen LogP contribution < -0.4 is 14.4 Å². The number of hydrogen-bond donors (Lipinski definition) is 0. The van der Waals surface area contributed by atoms with E-state index in [1.54, 1.807) is 43.4 Å². The van der Waals surface area contributed by atoms with Crippen LogP contribution in [0, 0.1) is 5.82 Å². The van der Waals surface area contributed by atoms with Crippen molar-refractivity contribution in [3.63, 3.8) is 0 Å². The topological polar surface area (TPSA) is 88.1 Å². The molecule has 44 heavy (non-hydrogen) atoms. The van der Waals surface area contributed by atoms with Crippen LogP contribution in [0.2, 0.25) is 10.0 Å². The highest BCUT2D eigenvalue weighted by Gasteiger charge is 2.27. The van der Waals surface area contributed by atoms with Crippen molar-refractivity contribution in [2.24, 2.45) is 0 Å². The number of anilines is 1. The average molecular weight is 639 g/mol. The Balaban J connectivity index is 1.24. The molecule has 0 unspecified atom stereocenters. The molecule has 1 fully saturated rings. The van der Waals surface area contributed by atoms with Gasteiger partial charge in [0.15, 0.2) is 5.82 Å². The molecule has 12 heteroatoms. The smallest absolute Gasteiger partial charge is 0.256 e. The Morgan fingerprint density at radius 2 is 1.64 bits per heavy atom. The van der Waals surface area contributed by atoms with Gasteiger partial charge in [-0.1, -0.05) is 35.3 Å². The summed E-state index contributed by atoms with van der Waals surface area (Å²) in [5.41, 5.74) is 2.36. The number of carbonyl (C=O) groups excluding carboxylic acids is 2. The van der Waals surface area contributed by atoms with Crippen LogP contribution in [0.25, 0.3) is 11.3 Å². The molecule has 1 aliphatic heterocycles. The fraction of sp³-hybridized carbons (Fsp3) is 0.250. The van der Waals surface area contributed by atoms with Crippen molar-refractivity contribution in [2.45, 2.75) is 6.54 Å². The predicted octanol–water partition coefficient (Wildman–Crippen LogP) is 5.60. The molecule has 0 spiro atoms. The van der Waals surface area contributed by atoms with E-state index < -0.39 is 5.91 Å². The number of benzene rings is 3. The summed E-state index contributed by atoms with van der Waals surface area (Å²) >= 11 is 12.3. The van der Waals surface area contributed by atoms with Crippen molar-refractivity contribution >= 4 is 40.8 Å². The highest BCUT2D eigenvalue weighted by atomic mass is 35.5. The lowest BCUT2D eigenvalue weighted by molar-refractivity contribution is -0.132. The van der Waals surface area contributed by atoms with Gasteiger partial charge in [-0.25, -0.2) is 4.39 Å². The van der Waals surface area contributed by atoms with Gasteiger partial charge in [-0.3, -0.25) is 9.59 Å². The van der Waals surface area contributed by atoms with E-state index in [2.05, 4.69) is 15.1 Å². The molecular weight excluding hydrogens is 608 g/mol. The summed E-state index contributed by atoms with van der Waals surface area (Å²) in [5.74, 6) is 0.980. The Bertz CT molecular complexity index is 1630. The van der Waals surface area contributed by atoms with Gasteiger partial charge in [0.25, 0.3) is 5.91 Å². The number of ether oxygens (including phenoxy) is 2. The maximum absolute atomic E-state index is 13.5. The quantitative estimate of drug-likeness (QED) is 0.236. The summed E-state index contributed by atoms with van der Waals surface area (Å²) in [5, 5.41) is 9.41. The highest BCUT2D eigenvalue weighted by molar-refractivity contribution is 6.36. The lowest BCUT2D eigenvalue weighted by Crippen LogP contribution is -2.52. The standard InChI is InChI=1S/C32H30Cl2FN5O4/c1-43-24-8-10-26(29(18-24)44-2)28-11-12-30(37-36-28)38-13-15-39(16-14-38)31(41)20-40(19-21-3-6-23(35)7-4-21)32(42)25-9-5-22(33)17-27(25)34/h3-12,17-18H,13-16,19-20H2,1-2H3. The van der Waals surface area contributed by atoms with Crippen LogP contribution in [-0.4, -0.2) is 78.8 Å². The molecule has 2 amide bonds. The molecule has 9 nitrogen and oxygen atoms in total. The van der Waals surface area contributed by atoms with Crippen LogP contribution in [0.3, 0.4) is 0 Å². The van der Waals surface area contributed by atoms with Gasteiger partial charge in [0.05, 0.1) is 30.5 Å². The predicted molar refractivity (Wildman–Crippen MR) is 167 cm³/mol. The molecule has 5 rings (SSSR count). The third-order valence-electron chi connectivity index (χ3n) is 7.35. The lowest BCUT2D eigenvalue weighted by Gasteiger charge is -2.36. The molecule has 0 aliphatic carbocycles. The third-order valence-corrected chi connectivity index (χ3v) is 7.90. The molecule has 228 valence electrons. The van der Waals surface area contributed by atoms with Gasteiger partial charge in [-0.15, -0.1) is 10.2 Å². The van der Waals surface area contributed by atoms with Crippen LogP contribution in [0.1, 0.15) is 15.9 Å². The number of nitrogens with zero attached hydrogens (tertiary/aromatic N) is 5. The summed E-state index contributed by atoms with van der Waals surface area (Å²) in [7, 11) is 3.18. The van der Waals surface area contributed by atoms with Crippen molar-refractivity contribution in [3.05, 3.63) is 99.8 Å². The molecule has 0 atom stereocenters. The normalized spacial score (nSPS) is 13.0. The average Bonchev–Trinajstić information content (AvgIpc) is 3.05. The summed E-state index contributed by atoms with van der Waals surface area (Å²) in [6.45, 7) is 1.89. The summed E-state index contributed by atoms with van der Waals surface area (Å²) in [6.07, 6.45) is 0. The number of aromatic nitrogens is 2. The molecular formula is C32H30Cl2FN5O4. The van der Waals surface area contributed by atoms with Crippen LogP contribution in [0.4, 0.5) is 10.2 Å². The summed E-state index contributed by atoms with van der Waals surface area (Å²) < 4.78 is 24.3. The van der Waals surface area contributed by atoms with Crippen LogP contribution in [0.15, 0.2) is 72.8 Å². The third kappa shape index (κ3) is 7.20. The minimum atomic E-state index is -0.424. The van der Waals surface area contributed by atoms with Crippen LogP contribution in [-0.2, 0) is 11.3 Å². The Hall–Kier alpha value is -4.41. The van der Waals surface area contributed by atoms with Gasteiger partial charge < -0.3 is 24.2 Å². The monoisotopic (exact) mass is 637 g/mol. The molecule has 1 aliphatic rings. The first kappa shape index (κ1) is 31.0. The molecule has 4 aromatic rings. The number of piperazine rings is 1. The maximum Gasteiger partial charge on any atom is 0.256 e. The molecule has 0 radical (unpaired) electrons. The number of hydrogen-bond acceptors (Lipinski definition) is 7. The number of amides is 2. The second-order valence-electron chi connectivity index (χ2n) is 10.1. The van der Waals surface area contributed by atoms with Gasteiger partial charge in [-0.05, 0) is 60.2 Å². The number of halogens is 3. The SMILES string of the molecule is COc1ccc(-c2ccc(N3CCN(C(=O)CN(Cc4ccc(F)cc4)C(=O)c4ccc(Cl)cc4Cl)CC3)nn2)c(OC)c1. The first-order valence-corrected chi connectivity index (χ1v) is 14.6. The van der Waals surface area contributed by atoms with Gasteiger partial charge in [0, 0.05) is 49.4 Å². The van der Waals surface area contributed by atoms with Crippen molar-refractivity contribution in [1.29, 1.82) is 0 Å². The number of methoxy groups -OCH3 is 2. The van der Waals surface area contributed by atoms with Crippen molar-refractivity contribution in [3.8, 4) is 22.8 Å². The van der Waals surface area contributed by atoms with E-state index in [4.69, 9.17) is 32.7 Å². The Morgan fingerprint density at radius 3 is 2.27 bits per heavy atom. The summed E-state index contributed by atoms with van der Waals surface area (Å²) in [4.78, 5) is 32.1. The largest absolute Gasteiger partial charge is 0.497 e. The zero-order chi connectivity index (χ0) is 31.2. The molecule has 0 N–H and O–H groups in total. The minimum Gasteiger partial charge on any atom is -0.497 e. The Kier molecular flexibility index (Phi) is 9.82. The molecule has 1 aromatic heterocycles. The fourth-order valence-corrected chi connectivity index (χ4v) is 5.43. The Morgan fingerprint density at radius 1 is 0.886 bits per heavy atom. The maximum atomic E-state index is 13.5. The van der Waals surface area contributed by atoms with E-state index in [0.717, 1.165) is 5.56 Å². The second kappa shape index (κ2) is 13.9. The van der Waals surface area contributed by atoms with E-state index in [9.17, 15) is 14.0 Å². The van der Waals surface area contributed by atoms with E-state index in [1.807, 2.05) is 24.3 Å². The van der Waals surface area contributed by atoms with E-state index >= 15 is 0 Å². The number of carbonyl (C=O) groups is 2. The van der Waals surface area contributed by atoms with E-state index in [-0.39, 0.29) is 35.4 Å². The molecule has 0 saturated carbocycles. The van der Waals surface area contributed by atoms with E-state index in [0.29, 0.717) is 59.8 Å². The van der Waals surface area contributed by atoms with Crippen LogP contribution >= 0.6 is 23.2 Å². The minimum absolute atomic E-state index is 0.102. The van der Waals surface area contributed by atoms with Gasteiger partial charge in [0.2, 0.25) is 5.91 Å². The van der Waals surface area contributed by atoms with Crippen molar-refractivity contribution in [2.75, 3.05) is 51.8 Å². The molecule has 1 saturated heterocycles. The van der Waals surface area contributed by atoms with Gasteiger partial charge in [-0.2, -0.15) is 0 Å². The van der Waals surface area contributed by atoms with E-state index in [1.165, 1.54) is 29.2 Å². The van der Waals surface area contributed by atoms with Crippen molar-refractivity contribution < 1.29 is 23.5 Å². The summed E-state index contributed by atoms with van der Waals surface area (Å²) in [6, 6.07) is 19.7. The zero-order valence-corrected chi connectivity index (χ0v) is 25.7. The van der Waals surface area contributed by atoms with Gasteiger partial charge >= 0.3 is 0 Å². The highest BCUT2D eigenvalue weighted by Crippen LogP contribution is 2.32. The Labute approximate surface area is 264 Å². The molecule has 2 heterocycles. The van der Waals surface area contributed by atoms with Crippen LogP contribution in [0.5, 0.6) is 11.5 Å². The van der Waals surface area contributed by atoms with Gasteiger partial charge in [0.1, 0.15) is 23.9 Å². The molecule has 0 bridgehead atoms. The first-order chi connectivity index (χ1) is 21.2. The lowest BCUT2D eigenvalue weighted by atomic mass is 10.1. The second-order valence-corrected chi connectivity index (χ2v) is 11.0. The molecule has 3 aromatic carbocycles. The zero-order valence-electron chi connectivity index (χ0n) is 24.2. The number of rotatable bonds is 9. The first-order valence-electron chi connectivity index (χ1n) is 13.8. The van der Waals surface area contributed by atoms with Crippen molar-refractivity contribution in [1.82, 2.24) is 20.0 Å². The fourth-order valence-electron chi connectivity index (χ4n) is 4.94.